The first-order valence-electron chi connectivity index (χ1n) is 15.7. The predicted octanol–water partition coefficient (Wildman–Crippen LogP) is 4.19. The van der Waals surface area contributed by atoms with Gasteiger partial charge in [0.15, 0.2) is 0 Å². The number of carbonyl (C=O) groups excluding carboxylic acids is 3. The number of ether oxygens (including phenoxy) is 1. The number of fused-ring (bicyclic) bond motifs is 1. The van der Waals surface area contributed by atoms with E-state index in [4.69, 9.17) is 4.74 Å². The van der Waals surface area contributed by atoms with Crippen molar-refractivity contribution >= 4 is 17.7 Å². The SMILES string of the molecule is C=CCN(CCCCC)C(=O)C1N([C@@H](CO)CC(C)C)C(=O)[C@@H]2[C@@H](C(=O)N(CC=C)Cc3ccccc3)[C@H]3CCC12O3. The fourth-order valence-electron chi connectivity index (χ4n) is 7.44. The third-order valence-corrected chi connectivity index (χ3v) is 9.17. The molecule has 0 radical (unpaired) electrons. The van der Waals surface area contributed by atoms with Crippen LogP contribution < -0.4 is 0 Å². The summed E-state index contributed by atoms with van der Waals surface area (Å²) in [6.07, 6.45) is 7.53. The van der Waals surface area contributed by atoms with E-state index in [9.17, 15) is 19.5 Å². The topological polar surface area (TPSA) is 90.4 Å². The number of hydrogen-bond donors (Lipinski definition) is 1. The molecule has 3 aliphatic heterocycles. The molecule has 2 bridgehead atoms. The molecule has 3 amide bonds. The third kappa shape index (κ3) is 6.06. The van der Waals surface area contributed by atoms with E-state index in [-0.39, 0.29) is 30.2 Å². The van der Waals surface area contributed by atoms with Crippen molar-refractivity contribution in [1.29, 1.82) is 0 Å². The van der Waals surface area contributed by atoms with Gasteiger partial charge in [-0.1, -0.05) is 76.1 Å². The zero-order valence-electron chi connectivity index (χ0n) is 25.6. The molecule has 1 spiro atoms. The van der Waals surface area contributed by atoms with Crippen molar-refractivity contribution in [2.24, 2.45) is 17.8 Å². The lowest BCUT2D eigenvalue weighted by atomic mass is 9.70. The summed E-state index contributed by atoms with van der Waals surface area (Å²) in [5.41, 5.74) is -0.108. The number of nitrogens with zero attached hydrogens (tertiary/aromatic N) is 3. The minimum atomic E-state index is -1.10. The van der Waals surface area contributed by atoms with Crippen LogP contribution in [0.3, 0.4) is 0 Å². The summed E-state index contributed by atoms with van der Waals surface area (Å²) in [4.78, 5) is 48.4. The molecule has 8 heteroatoms. The van der Waals surface area contributed by atoms with Crippen LogP contribution in [0.4, 0.5) is 0 Å². The van der Waals surface area contributed by atoms with E-state index in [1.54, 1.807) is 26.9 Å². The van der Waals surface area contributed by atoms with Gasteiger partial charge in [0.25, 0.3) is 0 Å². The lowest BCUT2D eigenvalue weighted by Gasteiger charge is -2.39. The molecule has 3 fully saturated rings. The van der Waals surface area contributed by atoms with Crippen molar-refractivity contribution in [2.45, 2.75) is 89.6 Å². The van der Waals surface area contributed by atoms with Gasteiger partial charge in [0, 0.05) is 26.2 Å². The van der Waals surface area contributed by atoms with Gasteiger partial charge in [-0.2, -0.15) is 0 Å². The van der Waals surface area contributed by atoms with Crippen molar-refractivity contribution in [1.82, 2.24) is 14.7 Å². The highest BCUT2D eigenvalue weighted by atomic mass is 16.5. The first-order chi connectivity index (χ1) is 20.2. The van der Waals surface area contributed by atoms with Gasteiger partial charge >= 0.3 is 0 Å². The van der Waals surface area contributed by atoms with E-state index in [0.717, 1.165) is 24.8 Å². The summed E-state index contributed by atoms with van der Waals surface area (Å²) in [5, 5.41) is 10.5. The highest BCUT2D eigenvalue weighted by Gasteiger charge is 2.75. The van der Waals surface area contributed by atoms with Crippen LogP contribution in [0.25, 0.3) is 0 Å². The Kier molecular flexibility index (Phi) is 10.7. The third-order valence-electron chi connectivity index (χ3n) is 9.17. The van der Waals surface area contributed by atoms with Crippen LogP contribution in [0, 0.1) is 17.8 Å². The van der Waals surface area contributed by atoms with Gasteiger partial charge in [0.2, 0.25) is 17.7 Å². The molecule has 0 saturated carbocycles. The molecule has 0 aromatic heterocycles. The molecule has 4 rings (SSSR count). The average Bonchev–Trinajstić information content (AvgIpc) is 3.62. The molecular weight excluding hydrogens is 530 g/mol. The molecule has 1 aromatic carbocycles. The number of carbonyl (C=O) groups is 3. The molecule has 0 aliphatic carbocycles. The van der Waals surface area contributed by atoms with E-state index < -0.39 is 35.6 Å². The number of aliphatic hydroxyl groups is 1. The van der Waals surface area contributed by atoms with Crippen molar-refractivity contribution in [3.05, 3.63) is 61.2 Å². The first kappa shape index (κ1) is 32.0. The predicted molar refractivity (Wildman–Crippen MR) is 163 cm³/mol. The summed E-state index contributed by atoms with van der Waals surface area (Å²) in [6, 6.07) is 8.34. The van der Waals surface area contributed by atoms with Crippen molar-refractivity contribution in [3.63, 3.8) is 0 Å². The highest BCUT2D eigenvalue weighted by Crippen LogP contribution is 2.59. The number of hydrogen-bond acceptors (Lipinski definition) is 5. The van der Waals surface area contributed by atoms with Gasteiger partial charge in [-0.3, -0.25) is 14.4 Å². The molecule has 3 heterocycles. The summed E-state index contributed by atoms with van der Waals surface area (Å²) in [6.45, 7) is 15.4. The largest absolute Gasteiger partial charge is 0.394 e. The van der Waals surface area contributed by atoms with Crippen LogP contribution in [0.1, 0.15) is 64.9 Å². The van der Waals surface area contributed by atoms with Gasteiger partial charge < -0.3 is 24.5 Å². The van der Waals surface area contributed by atoms with Crippen LogP contribution in [-0.4, -0.2) is 87.6 Å². The van der Waals surface area contributed by atoms with Crippen LogP contribution in [-0.2, 0) is 25.7 Å². The number of aliphatic hydroxyl groups excluding tert-OH is 1. The fourth-order valence-corrected chi connectivity index (χ4v) is 7.44. The summed E-state index contributed by atoms with van der Waals surface area (Å²) >= 11 is 0. The van der Waals surface area contributed by atoms with E-state index in [2.05, 4.69) is 20.1 Å². The van der Waals surface area contributed by atoms with E-state index >= 15 is 0 Å². The van der Waals surface area contributed by atoms with E-state index in [1.165, 1.54) is 0 Å². The lowest BCUT2D eigenvalue weighted by Crippen LogP contribution is -2.59. The number of amides is 3. The first-order valence-corrected chi connectivity index (χ1v) is 15.7. The van der Waals surface area contributed by atoms with Crippen molar-refractivity contribution < 1.29 is 24.2 Å². The Morgan fingerprint density at radius 2 is 1.81 bits per heavy atom. The van der Waals surface area contributed by atoms with Crippen molar-refractivity contribution in [2.75, 3.05) is 26.2 Å². The number of likely N-dealkylation sites (tertiary alicyclic amines) is 1. The maximum atomic E-state index is 14.5. The molecule has 3 aliphatic rings. The molecule has 42 heavy (non-hydrogen) atoms. The molecule has 6 atom stereocenters. The molecule has 1 N–H and O–H groups in total. The van der Waals surface area contributed by atoms with Gasteiger partial charge in [0.1, 0.15) is 11.6 Å². The van der Waals surface area contributed by atoms with Gasteiger partial charge in [0.05, 0.1) is 30.6 Å². The monoisotopic (exact) mass is 579 g/mol. The smallest absolute Gasteiger partial charge is 0.248 e. The van der Waals surface area contributed by atoms with E-state index in [1.807, 2.05) is 44.2 Å². The number of benzene rings is 1. The minimum Gasteiger partial charge on any atom is -0.394 e. The summed E-state index contributed by atoms with van der Waals surface area (Å²) in [5.74, 6) is -1.85. The molecule has 3 saturated heterocycles. The Bertz CT molecular complexity index is 1120. The Hall–Kier alpha value is -2.97. The maximum absolute atomic E-state index is 14.5. The lowest BCUT2D eigenvalue weighted by molar-refractivity contribution is -0.152. The normalized spacial score (nSPS) is 26.8. The van der Waals surface area contributed by atoms with Gasteiger partial charge in [-0.05, 0) is 37.2 Å². The number of unbranched alkanes of at least 4 members (excludes halogenated alkanes) is 2. The Morgan fingerprint density at radius 1 is 1.12 bits per heavy atom. The fraction of sp³-hybridized carbons (Fsp3) is 0.618. The Balaban J connectivity index is 1.73. The van der Waals surface area contributed by atoms with Crippen molar-refractivity contribution in [3.8, 4) is 0 Å². The molecular formula is C34H49N3O5. The summed E-state index contributed by atoms with van der Waals surface area (Å²) in [7, 11) is 0. The van der Waals surface area contributed by atoms with Crippen LogP contribution >= 0.6 is 0 Å². The quantitative estimate of drug-likeness (QED) is 0.234. The second-order valence-corrected chi connectivity index (χ2v) is 12.5. The van der Waals surface area contributed by atoms with Crippen LogP contribution in [0.5, 0.6) is 0 Å². The standard InChI is InChI=1S/C34H49N3O5/c1-6-9-13-20-35(18-7-2)33(41)30-34-17-16-27(42-34)28(29(34)32(40)37(30)26(23-38)21-24(4)5)31(39)36(19-8-3)22-25-14-11-10-12-15-25/h7-8,10-12,14-15,24,26-30,38H,2-3,6,9,13,16-23H2,1,4-5H3/t26-,27-,28+,29+,30?,34?/m1/s1. The Labute approximate surface area is 251 Å². The van der Waals surface area contributed by atoms with Crippen LogP contribution in [0.2, 0.25) is 0 Å². The summed E-state index contributed by atoms with van der Waals surface area (Å²) < 4.78 is 6.69. The van der Waals surface area contributed by atoms with Gasteiger partial charge in [-0.25, -0.2) is 0 Å². The second kappa shape index (κ2) is 14.0. The second-order valence-electron chi connectivity index (χ2n) is 12.5. The molecule has 230 valence electrons. The zero-order chi connectivity index (χ0) is 30.4. The molecule has 1 aromatic rings. The minimum absolute atomic E-state index is 0.146. The Morgan fingerprint density at radius 3 is 2.43 bits per heavy atom. The zero-order valence-corrected chi connectivity index (χ0v) is 25.6. The molecule has 8 nitrogen and oxygen atoms in total. The molecule has 2 unspecified atom stereocenters. The average molecular weight is 580 g/mol. The van der Waals surface area contributed by atoms with Gasteiger partial charge in [-0.15, -0.1) is 13.2 Å². The van der Waals surface area contributed by atoms with E-state index in [0.29, 0.717) is 45.4 Å². The maximum Gasteiger partial charge on any atom is 0.248 e. The number of rotatable bonds is 16. The van der Waals surface area contributed by atoms with Crippen LogP contribution in [0.15, 0.2) is 55.6 Å². The highest BCUT2D eigenvalue weighted by molar-refractivity contribution is 5.99.